The van der Waals surface area contributed by atoms with Crippen LogP contribution >= 0.6 is 11.6 Å². The summed E-state index contributed by atoms with van der Waals surface area (Å²) >= 11 is 6.10. The minimum Gasteiger partial charge on any atom is -0.393 e. The fourth-order valence-corrected chi connectivity index (χ4v) is 4.19. The number of likely N-dealkylation sites (tertiary alicyclic amines) is 1. The highest BCUT2D eigenvalue weighted by molar-refractivity contribution is 6.31. The van der Waals surface area contributed by atoms with E-state index in [0.29, 0.717) is 18.5 Å². The van der Waals surface area contributed by atoms with Gasteiger partial charge in [-0.15, -0.1) is 0 Å². The predicted molar refractivity (Wildman–Crippen MR) is 82.8 cm³/mol. The van der Waals surface area contributed by atoms with Crippen molar-refractivity contribution >= 4 is 11.6 Å². The van der Waals surface area contributed by atoms with E-state index in [9.17, 15) is 9.50 Å². The van der Waals surface area contributed by atoms with Crippen LogP contribution in [0.25, 0.3) is 0 Å². The van der Waals surface area contributed by atoms with Crippen LogP contribution in [0.5, 0.6) is 0 Å². The highest BCUT2D eigenvalue weighted by atomic mass is 35.5. The molecular formula is C17H23ClFNO. The van der Waals surface area contributed by atoms with Gasteiger partial charge in [-0.25, -0.2) is 4.39 Å². The van der Waals surface area contributed by atoms with Crippen molar-refractivity contribution in [3.8, 4) is 0 Å². The molecule has 0 spiro atoms. The summed E-state index contributed by atoms with van der Waals surface area (Å²) < 4.78 is 13.6. The largest absolute Gasteiger partial charge is 0.393 e. The molecule has 3 rings (SSSR count). The first kappa shape index (κ1) is 15.3. The number of halogens is 2. The van der Waals surface area contributed by atoms with Crippen LogP contribution in [0.2, 0.25) is 5.02 Å². The second kappa shape index (κ2) is 6.64. The third-order valence-corrected chi connectivity index (χ3v) is 5.52. The summed E-state index contributed by atoms with van der Waals surface area (Å²) in [6.45, 7) is 1.70. The van der Waals surface area contributed by atoms with Crippen molar-refractivity contribution in [3.05, 3.63) is 34.6 Å². The number of aliphatic hydroxyl groups excluding tert-OH is 1. The number of aliphatic hydroxyl groups is 1. The maximum atomic E-state index is 13.6. The van der Waals surface area contributed by atoms with Crippen LogP contribution in [-0.4, -0.2) is 28.7 Å². The fraction of sp³-hybridized carbons (Fsp3) is 0.647. The van der Waals surface area contributed by atoms with Gasteiger partial charge in [0.1, 0.15) is 5.82 Å². The zero-order chi connectivity index (χ0) is 14.8. The molecule has 1 aromatic carbocycles. The number of hydrogen-bond acceptors (Lipinski definition) is 2. The Morgan fingerprint density at radius 3 is 2.81 bits per heavy atom. The number of nitrogens with zero attached hydrogens (tertiary/aromatic N) is 1. The maximum absolute atomic E-state index is 13.6. The van der Waals surface area contributed by atoms with Gasteiger partial charge in [0, 0.05) is 18.5 Å². The van der Waals surface area contributed by atoms with Crippen molar-refractivity contribution < 1.29 is 9.50 Å². The van der Waals surface area contributed by atoms with E-state index in [-0.39, 0.29) is 16.9 Å². The van der Waals surface area contributed by atoms with Crippen molar-refractivity contribution in [2.45, 2.75) is 57.2 Å². The number of piperidine rings is 1. The number of rotatable bonds is 3. The molecule has 1 aliphatic carbocycles. The van der Waals surface area contributed by atoms with Crippen molar-refractivity contribution in [1.29, 1.82) is 0 Å². The summed E-state index contributed by atoms with van der Waals surface area (Å²) in [5, 5.41) is 10.5. The van der Waals surface area contributed by atoms with Gasteiger partial charge in [-0.05, 0) is 43.9 Å². The Labute approximate surface area is 130 Å². The lowest BCUT2D eigenvalue weighted by molar-refractivity contribution is 0.0313. The van der Waals surface area contributed by atoms with Gasteiger partial charge in [-0.1, -0.05) is 36.6 Å². The van der Waals surface area contributed by atoms with Crippen molar-refractivity contribution in [3.63, 3.8) is 0 Å². The van der Waals surface area contributed by atoms with Crippen LogP contribution in [0.15, 0.2) is 18.2 Å². The Bertz CT molecular complexity index is 496. The van der Waals surface area contributed by atoms with E-state index in [4.69, 9.17) is 11.6 Å². The molecule has 0 amide bonds. The zero-order valence-corrected chi connectivity index (χ0v) is 13.0. The molecule has 3 atom stereocenters. The molecule has 1 heterocycles. The molecule has 21 heavy (non-hydrogen) atoms. The average Bonchev–Trinajstić information content (AvgIpc) is 2.90. The molecule has 2 fully saturated rings. The molecule has 0 aromatic heterocycles. The van der Waals surface area contributed by atoms with E-state index >= 15 is 0 Å². The molecule has 4 heteroatoms. The molecule has 0 radical (unpaired) electrons. The van der Waals surface area contributed by atoms with Gasteiger partial charge < -0.3 is 5.11 Å². The van der Waals surface area contributed by atoms with Gasteiger partial charge in [0.15, 0.2) is 0 Å². The van der Waals surface area contributed by atoms with E-state index < -0.39 is 0 Å². The van der Waals surface area contributed by atoms with Crippen LogP contribution in [0.4, 0.5) is 4.39 Å². The molecule has 2 aliphatic rings. The minimum atomic E-state index is -0.344. The number of benzene rings is 1. The smallest absolute Gasteiger partial charge is 0.142 e. The first-order valence-corrected chi connectivity index (χ1v) is 8.39. The monoisotopic (exact) mass is 311 g/mol. The Hall–Kier alpha value is -0.640. The molecule has 2 nitrogen and oxygen atoms in total. The summed E-state index contributed by atoms with van der Waals surface area (Å²) in [5.74, 6) is 0.0289. The summed E-state index contributed by atoms with van der Waals surface area (Å²) in [6, 6.07) is 5.44. The normalized spacial score (nSPS) is 30.7. The molecule has 1 saturated heterocycles. The first-order valence-electron chi connectivity index (χ1n) is 8.02. The van der Waals surface area contributed by atoms with E-state index in [0.717, 1.165) is 37.8 Å². The van der Waals surface area contributed by atoms with Crippen LogP contribution in [0.1, 0.15) is 44.1 Å². The van der Waals surface area contributed by atoms with Gasteiger partial charge in [0.05, 0.1) is 11.1 Å². The molecule has 116 valence electrons. The van der Waals surface area contributed by atoms with Crippen molar-refractivity contribution in [2.75, 3.05) is 6.54 Å². The quantitative estimate of drug-likeness (QED) is 0.912. The van der Waals surface area contributed by atoms with Crippen LogP contribution in [0, 0.1) is 11.7 Å². The molecule has 1 saturated carbocycles. The lowest BCUT2D eigenvalue weighted by atomic mass is 9.87. The molecular weight excluding hydrogens is 289 g/mol. The summed E-state index contributed by atoms with van der Waals surface area (Å²) in [4.78, 5) is 2.41. The summed E-state index contributed by atoms with van der Waals surface area (Å²) in [5.41, 5.74) is 0.857. The van der Waals surface area contributed by atoms with E-state index in [2.05, 4.69) is 4.90 Å². The third-order valence-electron chi connectivity index (χ3n) is 5.10. The lowest BCUT2D eigenvalue weighted by Gasteiger charge is -2.40. The zero-order valence-electron chi connectivity index (χ0n) is 12.3. The van der Waals surface area contributed by atoms with Gasteiger partial charge >= 0.3 is 0 Å². The van der Waals surface area contributed by atoms with Crippen LogP contribution in [-0.2, 0) is 6.54 Å². The highest BCUT2D eigenvalue weighted by Gasteiger charge is 2.37. The highest BCUT2D eigenvalue weighted by Crippen LogP contribution is 2.36. The molecule has 1 aliphatic heterocycles. The van der Waals surface area contributed by atoms with Gasteiger partial charge in [0.25, 0.3) is 0 Å². The average molecular weight is 312 g/mol. The van der Waals surface area contributed by atoms with Gasteiger partial charge in [-0.2, -0.15) is 0 Å². The summed E-state index contributed by atoms with van der Waals surface area (Å²) in [7, 11) is 0. The number of hydrogen-bond donors (Lipinski definition) is 1. The topological polar surface area (TPSA) is 23.5 Å². The van der Waals surface area contributed by atoms with E-state index in [1.165, 1.54) is 18.9 Å². The van der Waals surface area contributed by atoms with Gasteiger partial charge in [0.2, 0.25) is 0 Å². The summed E-state index contributed by atoms with van der Waals surface area (Å²) in [6.07, 6.45) is 6.52. The van der Waals surface area contributed by atoms with Crippen LogP contribution in [0.3, 0.4) is 0 Å². The maximum Gasteiger partial charge on any atom is 0.142 e. The van der Waals surface area contributed by atoms with Crippen LogP contribution < -0.4 is 0 Å². The fourth-order valence-electron chi connectivity index (χ4n) is 4.01. The minimum absolute atomic E-state index is 0.168. The lowest BCUT2D eigenvalue weighted by Crippen LogP contribution is -2.45. The van der Waals surface area contributed by atoms with E-state index in [1.807, 2.05) is 6.07 Å². The second-order valence-corrected chi connectivity index (χ2v) is 6.79. The Morgan fingerprint density at radius 2 is 2.05 bits per heavy atom. The molecule has 1 aromatic rings. The second-order valence-electron chi connectivity index (χ2n) is 6.41. The predicted octanol–water partition coefficient (Wildman–Crippen LogP) is 3.99. The molecule has 1 N–H and O–H groups in total. The first-order chi connectivity index (χ1) is 10.2. The third kappa shape index (κ3) is 3.25. The van der Waals surface area contributed by atoms with Gasteiger partial charge in [-0.3, -0.25) is 4.90 Å². The molecule has 0 bridgehead atoms. The van der Waals surface area contributed by atoms with E-state index in [1.54, 1.807) is 6.07 Å². The Morgan fingerprint density at radius 1 is 1.19 bits per heavy atom. The van der Waals surface area contributed by atoms with Crippen molar-refractivity contribution in [1.82, 2.24) is 4.90 Å². The molecule has 3 unspecified atom stereocenters. The van der Waals surface area contributed by atoms with Crippen molar-refractivity contribution in [2.24, 2.45) is 5.92 Å². The Kier molecular flexibility index (Phi) is 4.82. The standard InChI is InChI=1S/C17H23ClFNO/c18-17-12(5-3-7-14(17)19)11-20-10-2-1-8-15(20)13-6-4-9-16(13)21/h3,5,7,13,15-16,21H,1-2,4,6,8-11H2. The Balaban J connectivity index is 1.76. The SMILES string of the molecule is OC1CCCC1C1CCCCN1Cc1cccc(F)c1Cl.